The molecule has 1 aliphatic heterocycles. The molecule has 0 fully saturated rings. The first-order chi connectivity index (χ1) is 8.06. The fourth-order valence-corrected chi connectivity index (χ4v) is 2.44. The number of nitrogens with zero attached hydrogens (tertiary/aromatic N) is 1. The molecule has 0 aromatic heterocycles. The van der Waals surface area contributed by atoms with Crippen molar-refractivity contribution in [2.24, 2.45) is 5.73 Å². The zero-order valence-corrected chi connectivity index (χ0v) is 10.5. The van der Waals surface area contributed by atoms with Crippen LogP contribution in [0, 0.1) is 6.92 Å². The third kappa shape index (κ3) is 1.89. The van der Waals surface area contributed by atoms with Gasteiger partial charge in [0.05, 0.1) is 12.8 Å². The number of amides is 1. The quantitative estimate of drug-likeness (QED) is 0.805. The van der Waals surface area contributed by atoms with E-state index in [1.807, 2.05) is 19.1 Å². The Balaban J connectivity index is 2.65. The largest absolute Gasteiger partial charge is 0.495 e. The Morgan fingerprint density at radius 3 is 2.82 bits per heavy atom. The van der Waals surface area contributed by atoms with Gasteiger partial charge in [-0.2, -0.15) is 0 Å². The second-order valence-electron chi connectivity index (χ2n) is 4.41. The van der Waals surface area contributed by atoms with Crippen molar-refractivity contribution < 1.29 is 9.53 Å². The SMILES string of the molecule is COc1ccc(C)c2c1N(C(C)=O)CCC2N. The molecule has 2 rings (SSSR count). The summed E-state index contributed by atoms with van der Waals surface area (Å²) >= 11 is 0. The molecule has 0 aliphatic carbocycles. The highest BCUT2D eigenvalue weighted by molar-refractivity contribution is 5.95. The summed E-state index contributed by atoms with van der Waals surface area (Å²) in [5, 5.41) is 0. The molecule has 1 amide bonds. The molecule has 0 radical (unpaired) electrons. The molecule has 92 valence electrons. The van der Waals surface area contributed by atoms with E-state index in [0.717, 1.165) is 29.0 Å². The average Bonchev–Trinajstić information content (AvgIpc) is 2.29. The number of nitrogens with two attached hydrogens (primary N) is 1. The van der Waals surface area contributed by atoms with Crippen LogP contribution in [0.5, 0.6) is 5.75 Å². The molecule has 4 nitrogen and oxygen atoms in total. The highest BCUT2D eigenvalue weighted by Gasteiger charge is 2.29. The highest BCUT2D eigenvalue weighted by Crippen LogP contribution is 2.41. The Labute approximate surface area is 101 Å². The number of hydrogen-bond donors (Lipinski definition) is 1. The van der Waals surface area contributed by atoms with E-state index >= 15 is 0 Å². The van der Waals surface area contributed by atoms with Crippen LogP contribution in [0.3, 0.4) is 0 Å². The lowest BCUT2D eigenvalue weighted by molar-refractivity contribution is -0.116. The van der Waals surface area contributed by atoms with Crippen LogP contribution in [0.1, 0.15) is 30.5 Å². The van der Waals surface area contributed by atoms with Gasteiger partial charge in [-0.05, 0) is 30.5 Å². The average molecular weight is 234 g/mol. The Kier molecular flexibility index (Phi) is 3.07. The summed E-state index contributed by atoms with van der Waals surface area (Å²) in [4.78, 5) is 13.4. The van der Waals surface area contributed by atoms with E-state index in [-0.39, 0.29) is 11.9 Å². The smallest absolute Gasteiger partial charge is 0.223 e. The first-order valence-corrected chi connectivity index (χ1v) is 5.77. The normalized spacial score (nSPS) is 18.8. The number of methoxy groups -OCH3 is 1. The minimum Gasteiger partial charge on any atom is -0.495 e. The van der Waals surface area contributed by atoms with Crippen molar-refractivity contribution in [3.8, 4) is 5.75 Å². The molecule has 2 N–H and O–H groups in total. The number of fused-ring (bicyclic) bond motifs is 1. The predicted molar refractivity (Wildman–Crippen MR) is 67.3 cm³/mol. The van der Waals surface area contributed by atoms with E-state index in [0.29, 0.717) is 6.54 Å². The van der Waals surface area contributed by atoms with Crippen LogP contribution in [0.2, 0.25) is 0 Å². The summed E-state index contributed by atoms with van der Waals surface area (Å²) in [7, 11) is 1.61. The van der Waals surface area contributed by atoms with Gasteiger partial charge in [0.15, 0.2) is 0 Å². The molecule has 0 saturated carbocycles. The maximum atomic E-state index is 11.7. The fourth-order valence-electron chi connectivity index (χ4n) is 2.44. The van der Waals surface area contributed by atoms with E-state index in [4.69, 9.17) is 10.5 Å². The van der Waals surface area contributed by atoms with E-state index in [1.54, 1.807) is 18.9 Å². The lowest BCUT2D eigenvalue weighted by atomic mass is 9.92. The van der Waals surface area contributed by atoms with Crippen LogP contribution >= 0.6 is 0 Å². The van der Waals surface area contributed by atoms with Gasteiger partial charge in [0, 0.05) is 19.5 Å². The minimum absolute atomic E-state index is 0.0179. The summed E-state index contributed by atoms with van der Waals surface area (Å²) in [6, 6.07) is 3.86. The molecule has 4 heteroatoms. The molecule has 0 spiro atoms. The van der Waals surface area contributed by atoms with Gasteiger partial charge in [0.1, 0.15) is 5.75 Å². The molecule has 1 aromatic rings. The maximum Gasteiger partial charge on any atom is 0.223 e. The molecular formula is C13H18N2O2. The third-order valence-electron chi connectivity index (χ3n) is 3.30. The van der Waals surface area contributed by atoms with Crippen LogP contribution in [0.15, 0.2) is 12.1 Å². The van der Waals surface area contributed by atoms with Gasteiger partial charge in [0.2, 0.25) is 5.91 Å². The zero-order chi connectivity index (χ0) is 12.6. The minimum atomic E-state index is -0.0179. The van der Waals surface area contributed by atoms with Crippen LogP contribution in [-0.2, 0) is 4.79 Å². The van der Waals surface area contributed by atoms with Gasteiger partial charge in [-0.3, -0.25) is 4.79 Å². The van der Waals surface area contributed by atoms with Crippen molar-refractivity contribution in [3.63, 3.8) is 0 Å². The summed E-state index contributed by atoms with van der Waals surface area (Å²) in [6.07, 6.45) is 0.792. The number of carbonyl (C=O) groups is 1. The number of aryl methyl sites for hydroxylation is 1. The molecule has 1 atom stereocenters. The summed E-state index contributed by atoms with van der Waals surface area (Å²) in [5.74, 6) is 0.748. The van der Waals surface area contributed by atoms with E-state index in [1.165, 1.54) is 0 Å². The van der Waals surface area contributed by atoms with Crippen LogP contribution in [0.4, 0.5) is 5.69 Å². The second kappa shape index (κ2) is 4.37. The first kappa shape index (κ1) is 11.9. The molecule has 17 heavy (non-hydrogen) atoms. The van der Waals surface area contributed by atoms with Crippen LogP contribution < -0.4 is 15.4 Å². The number of anilines is 1. The van der Waals surface area contributed by atoms with Gasteiger partial charge in [-0.15, -0.1) is 0 Å². The van der Waals surface area contributed by atoms with Gasteiger partial charge < -0.3 is 15.4 Å². The van der Waals surface area contributed by atoms with Crippen molar-refractivity contribution in [2.45, 2.75) is 26.3 Å². The summed E-state index contributed by atoms with van der Waals surface area (Å²) in [5.41, 5.74) is 9.13. The monoisotopic (exact) mass is 234 g/mol. The maximum absolute atomic E-state index is 11.7. The number of hydrogen-bond acceptors (Lipinski definition) is 3. The third-order valence-corrected chi connectivity index (χ3v) is 3.30. The van der Waals surface area contributed by atoms with E-state index in [9.17, 15) is 4.79 Å². The van der Waals surface area contributed by atoms with Crippen LogP contribution in [0.25, 0.3) is 0 Å². The predicted octanol–water partition coefficient (Wildman–Crippen LogP) is 1.76. The van der Waals surface area contributed by atoms with Gasteiger partial charge in [0.25, 0.3) is 0 Å². The zero-order valence-electron chi connectivity index (χ0n) is 10.5. The lowest BCUT2D eigenvalue weighted by Gasteiger charge is -2.34. The molecule has 1 aliphatic rings. The summed E-state index contributed by atoms with van der Waals surface area (Å²) < 4.78 is 5.35. The van der Waals surface area contributed by atoms with Gasteiger partial charge in [-0.25, -0.2) is 0 Å². The fraction of sp³-hybridized carbons (Fsp3) is 0.462. The second-order valence-corrected chi connectivity index (χ2v) is 4.41. The Bertz CT molecular complexity index is 457. The van der Waals surface area contributed by atoms with E-state index < -0.39 is 0 Å². The lowest BCUT2D eigenvalue weighted by Crippen LogP contribution is -2.37. The summed E-state index contributed by atoms with van der Waals surface area (Å²) in [6.45, 7) is 4.24. The Hall–Kier alpha value is -1.55. The van der Waals surface area contributed by atoms with Crippen molar-refractivity contribution in [2.75, 3.05) is 18.6 Å². The van der Waals surface area contributed by atoms with Crippen molar-refractivity contribution in [1.29, 1.82) is 0 Å². The molecule has 1 unspecified atom stereocenters. The number of rotatable bonds is 1. The van der Waals surface area contributed by atoms with Crippen LogP contribution in [-0.4, -0.2) is 19.6 Å². The number of carbonyl (C=O) groups excluding carboxylic acids is 1. The van der Waals surface area contributed by atoms with Crippen molar-refractivity contribution >= 4 is 11.6 Å². The highest BCUT2D eigenvalue weighted by atomic mass is 16.5. The Morgan fingerprint density at radius 1 is 1.53 bits per heavy atom. The molecule has 1 aromatic carbocycles. The number of ether oxygens (including phenoxy) is 1. The molecule has 1 heterocycles. The van der Waals surface area contributed by atoms with Gasteiger partial charge in [-0.1, -0.05) is 6.07 Å². The van der Waals surface area contributed by atoms with Crippen molar-refractivity contribution in [1.82, 2.24) is 0 Å². The first-order valence-electron chi connectivity index (χ1n) is 5.77. The van der Waals surface area contributed by atoms with E-state index in [2.05, 4.69) is 0 Å². The molecule has 0 saturated heterocycles. The standard InChI is InChI=1S/C13H18N2O2/c1-8-4-5-11(17-3)13-12(8)10(14)6-7-15(13)9(2)16/h4-5,10H,6-7,14H2,1-3H3. The Morgan fingerprint density at radius 2 is 2.24 bits per heavy atom. The molecule has 0 bridgehead atoms. The number of benzene rings is 1. The van der Waals surface area contributed by atoms with Crippen molar-refractivity contribution in [3.05, 3.63) is 23.3 Å². The topological polar surface area (TPSA) is 55.6 Å². The molecular weight excluding hydrogens is 216 g/mol. The van der Waals surface area contributed by atoms with Gasteiger partial charge >= 0.3 is 0 Å².